The SMILES string of the molecule is c1cc(-c2ccc3c(c2)CNC3)ccc1O[C@H]1CCNC1. The van der Waals surface area contributed by atoms with E-state index in [1.54, 1.807) is 0 Å². The molecule has 2 aliphatic rings. The van der Waals surface area contributed by atoms with E-state index in [0.29, 0.717) is 6.10 Å². The topological polar surface area (TPSA) is 33.3 Å². The Morgan fingerprint density at radius 3 is 2.48 bits per heavy atom. The van der Waals surface area contributed by atoms with E-state index in [0.717, 1.165) is 38.3 Å². The predicted octanol–water partition coefficient (Wildman–Crippen LogP) is 2.70. The van der Waals surface area contributed by atoms with Crippen LogP contribution >= 0.6 is 0 Å². The van der Waals surface area contributed by atoms with Gasteiger partial charge in [-0.1, -0.05) is 24.3 Å². The zero-order valence-corrected chi connectivity index (χ0v) is 12.1. The van der Waals surface area contributed by atoms with E-state index in [1.165, 1.54) is 22.3 Å². The van der Waals surface area contributed by atoms with E-state index in [9.17, 15) is 0 Å². The fourth-order valence-corrected chi connectivity index (χ4v) is 3.12. The third-order valence-corrected chi connectivity index (χ3v) is 4.34. The molecular formula is C18H20N2O. The average Bonchev–Trinajstić information content (AvgIpc) is 3.18. The van der Waals surface area contributed by atoms with Gasteiger partial charge < -0.3 is 15.4 Å². The quantitative estimate of drug-likeness (QED) is 0.907. The highest BCUT2D eigenvalue weighted by Crippen LogP contribution is 2.27. The molecule has 1 saturated heterocycles. The summed E-state index contributed by atoms with van der Waals surface area (Å²) in [5, 5.41) is 6.71. The molecule has 4 rings (SSSR count). The maximum atomic E-state index is 5.97. The second-order valence-corrected chi connectivity index (χ2v) is 5.84. The van der Waals surface area contributed by atoms with Crippen LogP contribution in [0.4, 0.5) is 0 Å². The molecule has 1 fully saturated rings. The molecule has 0 unspecified atom stereocenters. The molecule has 2 N–H and O–H groups in total. The minimum atomic E-state index is 0.321. The molecule has 2 heterocycles. The standard InChI is InChI=1S/C18H20N2O/c1-2-15-10-20-11-16(15)9-14(1)13-3-5-17(6-4-13)21-18-7-8-19-12-18/h1-6,9,18-20H,7-8,10-12H2/t18-/m0/s1. The molecule has 1 atom stereocenters. The summed E-state index contributed by atoms with van der Waals surface area (Å²) in [6.07, 6.45) is 1.42. The van der Waals surface area contributed by atoms with Gasteiger partial charge in [-0.05, 0) is 53.4 Å². The van der Waals surface area contributed by atoms with Crippen molar-refractivity contribution in [1.29, 1.82) is 0 Å². The van der Waals surface area contributed by atoms with E-state index < -0.39 is 0 Å². The average molecular weight is 280 g/mol. The van der Waals surface area contributed by atoms with E-state index in [4.69, 9.17) is 4.74 Å². The Morgan fingerprint density at radius 1 is 0.857 bits per heavy atom. The molecule has 0 aliphatic carbocycles. The number of ether oxygens (including phenoxy) is 1. The van der Waals surface area contributed by atoms with Crippen molar-refractivity contribution in [3.05, 3.63) is 53.6 Å². The highest BCUT2D eigenvalue weighted by atomic mass is 16.5. The molecule has 0 aromatic heterocycles. The van der Waals surface area contributed by atoms with Gasteiger partial charge in [0.15, 0.2) is 0 Å². The second-order valence-electron chi connectivity index (χ2n) is 5.84. The smallest absolute Gasteiger partial charge is 0.119 e. The van der Waals surface area contributed by atoms with Crippen LogP contribution in [0, 0.1) is 0 Å². The van der Waals surface area contributed by atoms with Crippen LogP contribution < -0.4 is 15.4 Å². The largest absolute Gasteiger partial charge is 0.489 e. The molecule has 2 aromatic rings. The first-order valence-electron chi connectivity index (χ1n) is 7.69. The van der Waals surface area contributed by atoms with Crippen LogP contribution in [0.3, 0.4) is 0 Å². The second kappa shape index (κ2) is 5.51. The molecule has 0 spiro atoms. The highest BCUT2D eigenvalue weighted by molar-refractivity contribution is 5.66. The van der Waals surface area contributed by atoms with Crippen LogP contribution in [0.5, 0.6) is 5.75 Å². The highest BCUT2D eigenvalue weighted by Gasteiger charge is 2.16. The maximum absolute atomic E-state index is 5.97. The van der Waals surface area contributed by atoms with Crippen molar-refractivity contribution in [2.75, 3.05) is 13.1 Å². The van der Waals surface area contributed by atoms with Crippen molar-refractivity contribution < 1.29 is 4.74 Å². The van der Waals surface area contributed by atoms with E-state index >= 15 is 0 Å². The lowest BCUT2D eigenvalue weighted by Gasteiger charge is -2.13. The lowest BCUT2D eigenvalue weighted by atomic mass is 10.0. The van der Waals surface area contributed by atoms with Crippen molar-refractivity contribution in [3.8, 4) is 16.9 Å². The molecule has 21 heavy (non-hydrogen) atoms. The van der Waals surface area contributed by atoms with Crippen molar-refractivity contribution in [2.24, 2.45) is 0 Å². The third-order valence-electron chi connectivity index (χ3n) is 4.34. The van der Waals surface area contributed by atoms with E-state index in [1.807, 2.05) is 0 Å². The lowest BCUT2D eigenvalue weighted by molar-refractivity contribution is 0.223. The summed E-state index contributed by atoms with van der Waals surface area (Å²) in [7, 11) is 0. The lowest BCUT2D eigenvalue weighted by Crippen LogP contribution is -2.19. The van der Waals surface area contributed by atoms with Gasteiger partial charge in [-0.15, -0.1) is 0 Å². The fourth-order valence-electron chi connectivity index (χ4n) is 3.12. The Labute approximate surface area is 125 Å². The van der Waals surface area contributed by atoms with Crippen LogP contribution in [0.25, 0.3) is 11.1 Å². The van der Waals surface area contributed by atoms with Crippen molar-refractivity contribution in [1.82, 2.24) is 10.6 Å². The van der Waals surface area contributed by atoms with Gasteiger partial charge in [-0.25, -0.2) is 0 Å². The first kappa shape index (κ1) is 12.9. The molecule has 3 nitrogen and oxygen atoms in total. The van der Waals surface area contributed by atoms with Gasteiger partial charge in [0.1, 0.15) is 11.9 Å². The van der Waals surface area contributed by atoms with Crippen molar-refractivity contribution >= 4 is 0 Å². The first-order chi connectivity index (χ1) is 10.4. The first-order valence-corrected chi connectivity index (χ1v) is 7.69. The minimum Gasteiger partial charge on any atom is -0.489 e. The van der Waals surface area contributed by atoms with Gasteiger partial charge in [0.2, 0.25) is 0 Å². The summed E-state index contributed by atoms with van der Waals surface area (Å²) < 4.78 is 5.97. The Kier molecular flexibility index (Phi) is 3.37. The van der Waals surface area contributed by atoms with Crippen LogP contribution in [-0.4, -0.2) is 19.2 Å². The third kappa shape index (κ3) is 2.67. The maximum Gasteiger partial charge on any atom is 0.119 e. The summed E-state index contributed by atoms with van der Waals surface area (Å²) in [6.45, 7) is 4.00. The summed E-state index contributed by atoms with van der Waals surface area (Å²) in [5.41, 5.74) is 5.38. The summed E-state index contributed by atoms with van der Waals surface area (Å²) in [6, 6.07) is 15.2. The van der Waals surface area contributed by atoms with E-state index in [2.05, 4.69) is 53.1 Å². The van der Waals surface area contributed by atoms with Gasteiger partial charge in [0.25, 0.3) is 0 Å². The molecule has 108 valence electrons. The van der Waals surface area contributed by atoms with Gasteiger partial charge in [0, 0.05) is 19.6 Å². The van der Waals surface area contributed by atoms with Crippen LogP contribution in [0.1, 0.15) is 17.5 Å². The molecule has 0 bridgehead atoms. The number of hydrogen-bond acceptors (Lipinski definition) is 3. The number of nitrogens with one attached hydrogen (secondary N) is 2. The van der Waals surface area contributed by atoms with Gasteiger partial charge in [-0.2, -0.15) is 0 Å². The fraction of sp³-hybridized carbons (Fsp3) is 0.333. The predicted molar refractivity (Wildman–Crippen MR) is 84.3 cm³/mol. The summed E-state index contributed by atoms with van der Waals surface area (Å²) in [4.78, 5) is 0. The Hall–Kier alpha value is -1.84. The summed E-state index contributed by atoms with van der Waals surface area (Å²) >= 11 is 0. The van der Waals surface area contributed by atoms with Gasteiger partial charge >= 0.3 is 0 Å². The molecule has 2 aromatic carbocycles. The molecule has 0 saturated carbocycles. The Balaban J connectivity index is 1.53. The minimum absolute atomic E-state index is 0.321. The van der Waals surface area contributed by atoms with Crippen LogP contribution in [0.2, 0.25) is 0 Å². The molecule has 0 radical (unpaired) electrons. The van der Waals surface area contributed by atoms with Crippen LogP contribution in [0.15, 0.2) is 42.5 Å². The molecule has 3 heteroatoms. The van der Waals surface area contributed by atoms with Gasteiger partial charge in [0.05, 0.1) is 0 Å². The number of rotatable bonds is 3. The Morgan fingerprint density at radius 2 is 1.67 bits per heavy atom. The zero-order valence-electron chi connectivity index (χ0n) is 12.1. The summed E-state index contributed by atoms with van der Waals surface area (Å²) in [5.74, 6) is 0.968. The van der Waals surface area contributed by atoms with Crippen molar-refractivity contribution in [2.45, 2.75) is 25.6 Å². The number of benzene rings is 2. The van der Waals surface area contributed by atoms with Gasteiger partial charge in [-0.3, -0.25) is 0 Å². The van der Waals surface area contributed by atoms with Crippen LogP contribution in [-0.2, 0) is 13.1 Å². The van der Waals surface area contributed by atoms with Crippen molar-refractivity contribution in [3.63, 3.8) is 0 Å². The molecular weight excluding hydrogens is 260 g/mol. The Bertz CT molecular complexity index is 630. The number of hydrogen-bond donors (Lipinski definition) is 2. The monoisotopic (exact) mass is 280 g/mol. The molecule has 0 amide bonds. The van der Waals surface area contributed by atoms with E-state index in [-0.39, 0.29) is 0 Å². The molecule has 2 aliphatic heterocycles. The normalized spacial score (nSPS) is 20.5. The number of fused-ring (bicyclic) bond motifs is 1. The zero-order chi connectivity index (χ0) is 14.1.